The first-order valence-corrected chi connectivity index (χ1v) is 8.44. The van der Waals surface area contributed by atoms with E-state index in [9.17, 15) is 27.5 Å². The van der Waals surface area contributed by atoms with Crippen LogP contribution in [0.5, 0.6) is 5.88 Å². The summed E-state index contributed by atoms with van der Waals surface area (Å²) in [5, 5.41) is 13.9. The van der Waals surface area contributed by atoms with E-state index in [-0.39, 0.29) is 41.1 Å². The Kier molecular flexibility index (Phi) is 4.47. The van der Waals surface area contributed by atoms with Gasteiger partial charge in [-0.1, -0.05) is 0 Å². The van der Waals surface area contributed by atoms with Crippen LogP contribution in [0.1, 0.15) is 12.1 Å². The van der Waals surface area contributed by atoms with Gasteiger partial charge >= 0.3 is 11.9 Å². The van der Waals surface area contributed by atoms with Crippen molar-refractivity contribution in [3.05, 3.63) is 33.2 Å². The van der Waals surface area contributed by atoms with E-state index in [4.69, 9.17) is 0 Å². The van der Waals surface area contributed by atoms with Gasteiger partial charge in [0.25, 0.3) is 5.62 Å². The number of fused-ring (bicyclic) bond motifs is 1. The van der Waals surface area contributed by atoms with Gasteiger partial charge in [-0.2, -0.15) is 32.8 Å². The molecule has 29 heavy (non-hydrogen) atoms. The van der Waals surface area contributed by atoms with Gasteiger partial charge in [-0.25, -0.2) is 14.2 Å². The molecule has 1 atom stereocenters. The van der Waals surface area contributed by atoms with E-state index in [2.05, 4.69) is 30.0 Å². The zero-order valence-corrected chi connectivity index (χ0v) is 14.6. The van der Waals surface area contributed by atoms with Crippen LogP contribution in [0.2, 0.25) is 0 Å². The maximum absolute atomic E-state index is 13.6. The van der Waals surface area contributed by atoms with Crippen LogP contribution < -0.4 is 21.4 Å². The van der Waals surface area contributed by atoms with Gasteiger partial charge in [0, 0.05) is 11.8 Å². The van der Waals surface area contributed by atoms with E-state index in [1.165, 1.54) is 17.2 Å². The van der Waals surface area contributed by atoms with E-state index in [1.807, 2.05) is 0 Å². The van der Waals surface area contributed by atoms with Crippen molar-refractivity contribution in [2.75, 3.05) is 24.5 Å². The van der Waals surface area contributed by atoms with Crippen LogP contribution in [0.4, 0.5) is 23.5 Å². The molecule has 14 heteroatoms. The minimum Gasteiger partial charge on any atom is -0.493 e. The lowest BCUT2D eigenvalue weighted by Crippen LogP contribution is -2.31. The molecular formula is C15H14F4N8O2. The van der Waals surface area contributed by atoms with Crippen molar-refractivity contribution in [1.82, 2.24) is 29.5 Å². The molecule has 0 radical (unpaired) electrons. The number of hydrogen-bond donors (Lipinski definition) is 3. The predicted octanol–water partition coefficient (Wildman–Crippen LogP) is -0.595. The largest absolute Gasteiger partial charge is 0.493 e. The Morgan fingerprint density at radius 2 is 2.14 bits per heavy atom. The summed E-state index contributed by atoms with van der Waals surface area (Å²) in [4.78, 5) is 29.1. The smallest absolute Gasteiger partial charge is 0.408 e. The third-order valence-corrected chi connectivity index (χ3v) is 4.21. The first-order valence-electron chi connectivity index (χ1n) is 8.44. The molecule has 0 spiro atoms. The normalized spacial score (nSPS) is 19.0. The first kappa shape index (κ1) is 18.9. The van der Waals surface area contributed by atoms with Crippen molar-refractivity contribution in [2.24, 2.45) is 4.99 Å². The monoisotopic (exact) mass is 414 g/mol. The summed E-state index contributed by atoms with van der Waals surface area (Å²) in [6, 6.07) is 0. The van der Waals surface area contributed by atoms with Crippen LogP contribution in [0.15, 0.2) is 16.0 Å². The van der Waals surface area contributed by atoms with E-state index >= 15 is 0 Å². The number of hydrogen-bond acceptors (Lipinski definition) is 7. The summed E-state index contributed by atoms with van der Waals surface area (Å²) in [6.45, 7) is -1.17. The van der Waals surface area contributed by atoms with Gasteiger partial charge in [-0.05, 0) is 12.5 Å². The molecule has 1 fully saturated rings. The number of nitrogens with zero attached hydrogens (tertiary/aromatic N) is 6. The Morgan fingerprint density at radius 3 is 2.76 bits per heavy atom. The van der Waals surface area contributed by atoms with Crippen molar-refractivity contribution in [2.45, 2.75) is 18.8 Å². The van der Waals surface area contributed by atoms with E-state index in [0.717, 1.165) is 4.52 Å². The molecular weight excluding hydrogens is 400 g/mol. The summed E-state index contributed by atoms with van der Waals surface area (Å²) in [5.41, 5.74) is -0.882. The van der Waals surface area contributed by atoms with Gasteiger partial charge < -0.3 is 15.0 Å². The number of aromatic nitrogens is 6. The maximum atomic E-state index is 13.6. The molecule has 0 saturated carbocycles. The lowest BCUT2D eigenvalue weighted by molar-refractivity contribution is -0.118. The second-order valence-electron chi connectivity index (χ2n) is 6.41. The SMILES string of the molecule is O=c1[nH]c(O)c(C=c2cnn3c(=NCC(F)(F)F)nc(N4CC[C@H](F)C4)nc23)[nH]1. The predicted molar refractivity (Wildman–Crippen MR) is 90.9 cm³/mol. The molecule has 4 rings (SSSR count). The summed E-state index contributed by atoms with van der Waals surface area (Å²) < 4.78 is 52.5. The van der Waals surface area contributed by atoms with Gasteiger partial charge in [0.05, 0.1) is 12.7 Å². The number of alkyl halides is 4. The molecule has 0 aromatic carbocycles. The third-order valence-electron chi connectivity index (χ3n) is 4.21. The zero-order valence-electron chi connectivity index (χ0n) is 14.6. The van der Waals surface area contributed by atoms with Crippen LogP contribution in [0.3, 0.4) is 0 Å². The standard InChI is InChI=1S/C15H14F4N8O2/c16-8-1-2-26(5-8)13-23-10-7(3-9-11(28)24-14(29)22-9)4-21-27(10)12(25-13)20-6-15(17,18)19/h3-4,8,28H,1-2,5-6H2,(H2,22,24,29)/t8-/m0/s1. The first-order chi connectivity index (χ1) is 13.7. The highest BCUT2D eigenvalue weighted by Crippen LogP contribution is 2.17. The molecule has 0 unspecified atom stereocenters. The van der Waals surface area contributed by atoms with E-state index in [1.54, 1.807) is 0 Å². The van der Waals surface area contributed by atoms with E-state index < -0.39 is 30.5 Å². The Morgan fingerprint density at radius 1 is 1.34 bits per heavy atom. The van der Waals surface area contributed by atoms with E-state index in [0.29, 0.717) is 6.54 Å². The lowest BCUT2D eigenvalue weighted by atomic mass is 10.3. The number of aromatic amines is 2. The molecule has 3 aromatic heterocycles. The quantitative estimate of drug-likeness (QED) is 0.492. The van der Waals surface area contributed by atoms with Crippen LogP contribution in [-0.4, -0.2) is 66.6 Å². The van der Waals surface area contributed by atoms with Crippen LogP contribution in [0, 0.1) is 0 Å². The second kappa shape index (κ2) is 6.86. The van der Waals surface area contributed by atoms with Gasteiger partial charge in [0.1, 0.15) is 18.4 Å². The van der Waals surface area contributed by atoms with Crippen molar-refractivity contribution in [1.29, 1.82) is 0 Å². The number of H-pyrrole nitrogens is 2. The number of nitrogens with one attached hydrogen (secondary N) is 2. The zero-order chi connectivity index (χ0) is 20.8. The van der Waals surface area contributed by atoms with Crippen LogP contribution in [-0.2, 0) is 0 Å². The van der Waals surface area contributed by atoms with Crippen molar-refractivity contribution in [3.63, 3.8) is 0 Å². The molecule has 0 amide bonds. The molecule has 0 bridgehead atoms. The summed E-state index contributed by atoms with van der Waals surface area (Å²) in [6.07, 6.45) is -2.79. The fourth-order valence-electron chi connectivity index (χ4n) is 2.92. The molecule has 4 heterocycles. The van der Waals surface area contributed by atoms with Gasteiger partial charge in [0.15, 0.2) is 5.65 Å². The highest BCUT2D eigenvalue weighted by Gasteiger charge is 2.27. The molecule has 1 aliphatic rings. The highest BCUT2D eigenvalue weighted by atomic mass is 19.4. The number of aromatic hydroxyl groups is 1. The van der Waals surface area contributed by atoms with Gasteiger partial charge in [0.2, 0.25) is 11.8 Å². The number of imidazole rings is 1. The minimum absolute atomic E-state index is 0.00792. The summed E-state index contributed by atoms with van der Waals surface area (Å²) in [5.74, 6) is -0.411. The van der Waals surface area contributed by atoms with Crippen molar-refractivity contribution < 1.29 is 22.7 Å². The summed E-state index contributed by atoms with van der Waals surface area (Å²) >= 11 is 0. The maximum Gasteiger partial charge on any atom is 0.408 e. The molecule has 154 valence electrons. The highest BCUT2D eigenvalue weighted by molar-refractivity contribution is 5.57. The van der Waals surface area contributed by atoms with Crippen LogP contribution in [0.25, 0.3) is 11.7 Å². The summed E-state index contributed by atoms with van der Waals surface area (Å²) in [7, 11) is 0. The Balaban J connectivity index is 1.91. The Labute approximate surface area is 158 Å². The minimum atomic E-state index is -4.55. The van der Waals surface area contributed by atoms with Crippen LogP contribution >= 0.6 is 0 Å². The molecule has 10 nitrogen and oxygen atoms in total. The molecule has 1 aliphatic heterocycles. The van der Waals surface area contributed by atoms with Gasteiger partial charge in [-0.3, -0.25) is 4.98 Å². The fourth-order valence-corrected chi connectivity index (χ4v) is 2.92. The number of anilines is 1. The number of halogens is 4. The van der Waals surface area contributed by atoms with Gasteiger partial charge in [-0.15, -0.1) is 0 Å². The average Bonchev–Trinajstić information content (AvgIpc) is 3.32. The molecule has 3 aromatic rings. The second-order valence-corrected chi connectivity index (χ2v) is 6.41. The van der Waals surface area contributed by atoms with Crippen molar-refractivity contribution in [3.8, 4) is 5.88 Å². The molecule has 1 saturated heterocycles. The van der Waals surface area contributed by atoms with Crippen molar-refractivity contribution >= 4 is 17.7 Å². The lowest BCUT2D eigenvalue weighted by Gasteiger charge is -2.14. The Bertz CT molecular complexity index is 1230. The molecule has 0 aliphatic carbocycles. The Hall–Kier alpha value is -3.45. The fraction of sp³-hybridized carbons (Fsp3) is 0.400. The third kappa shape index (κ3) is 3.90. The topological polar surface area (TPSA) is 128 Å². The average molecular weight is 414 g/mol. The molecule has 3 N–H and O–H groups in total. The number of rotatable bonds is 3.